The lowest BCUT2D eigenvalue weighted by Gasteiger charge is -2.23. The molecule has 0 saturated heterocycles. The highest BCUT2D eigenvalue weighted by Crippen LogP contribution is 2.24. The van der Waals surface area contributed by atoms with Gasteiger partial charge >= 0.3 is 0 Å². The number of carbonyl (C=O) groups excluding carboxylic acids is 1. The highest BCUT2D eigenvalue weighted by molar-refractivity contribution is 6.29. The molecule has 2 rings (SSSR count). The summed E-state index contributed by atoms with van der Waals surface area (Å²) in [5, 5.41) is 3.61. The summed E-state index contributed by atoms with van der Waals surface area (Å²) in [5.74, 6) is 0.500. The molecule has 2 aromatic rings. The molecule has 0 spiro atoms. The molecule has 1 atom stereocenters. The number of aryl methyl sites for hydroxylation is 1. The normalized spacial score (nSPS) is 12.2. The zero-order valence-corrected chi connectivity index (χ0v) is 14.6. The van der Waals surface area contributed by atoms with Gasteiger partial charge in [-0.2, -0.15) is 0 Å². The van der Waals surface area contributed by atoms with Gasteiger partial charge in [0.1, 0.15) is 5.15 Å². The predicted molar refractivity (Wildman–Crippen MR) is 94.5 cm³/mol. The molecule has 122 valence electrons. The molecule has 0 aliphatic heterocycles. The first-order valence-electron chi connectivity index (χ1n) is 7.91. The average Bonchev–Trinajstić information content (AvgIpc) is 2.49. The number of amides is 1. The number of hydrogen-bond acceptors (Lipinski definition) is 2. The monoisotopic (exact) mass is 330 g/mol. The number of halogens is 1. The van der Waals surface area contributed by atoms with Crippen LogP contribution in [0.1, 0.15) is 43.0 Å². The molecule has 23 heavy (non-hydrogen) atoms. The highest BCUT2D eigenvalue weighted by Gasteiger charge is 2.18. The number of hydrogen-bond donors (Lipinski definition) is 1. The van der Waals surface area contributed by atoms with Crippen molar-refractivity contribution in [3.63, 3.8) is 0 Å². The molecule has 1 heterocycles. The third-order valence-electron chi connectivity index (χ3n) is 3.76. The second-order valence-corrected chi connectivity index (χ2v) is 6.66. The lowest BCUT2D eigenvalue weighted by Crippen LogP contribution is -2.31. The smallest absolute Gasteiger partial charge is 0.224 e. The fraction of sp³-hybridized carbons (Fsp3) is 0.368. The first-order chi connectivity index (χ1) is 11.0. The molecule has 4 heteroatoms. The van der Waals surface area contributed by atoms with Crippen LogP contribution in [-0.2, 0) is 11.2 Å². The minimum Gasteiger partial charge on any atom is -0.349 e. The Kier molecular flexibility index (Phi) is 6.17. The quantitative estimate of drug-likeness (QED) is 0.793. The van der Waals surface area contributed by atoms with E-state index in [0.29, 0.717) is 17.5 Å². The lowest BCUT2D eigenvalue weighted by atomic mass is 9.93. The van der Waals surface area contributed by atoms with Gasteiger partial charge in [-0.15, -0.1) is 0 Å². The van der Waals surface area contributed by atoms with E-state index in [9.17, 15) is 4.79 Å². The Bertz CT molecular complexity index is 653. The van der Waals surface area contributed by atoms with E-state index in [1.165, 1.54) is 11.1 Å². The maximum Gasteiger partial charge on any atom is 0.224 e. The molecule has 1 aromatic carbocycles. The molecule has 3 nitrogen and oxygen atoms in total. The fourth-order valence-electron chi connectivity index (χ4n) is 2.65. The number of rotatable bonds is 6. The number of aromatic nitrogens is 1. The molecule has 0 fully saturated rings. The van der Waals surface area contributed by atoms with Crippen LogP contribution in [0.25, 0.3) is 0 Å². The summed E-state index contributed by atoms with van der Waals surface area (Å²) >= 11 is 5.78. The van der Waals surface area contributed by atoms with Gasteiger partial charge in [0.25, 0.3) is 0 Å². The number of nitrogens with zero attached hydrogens (tertiary/aromatic N) is 1. The van der Waals surface area contributed by atoms with Crippen molar-refractivity contribution >= 4 is 17.5 Å². The van der Waals surface area contributed by atoms with E-state index in [1.807, 2.05) is 18.2 Å². The van der Waals surface area contributed by atoms with Crippen LogP contribution < -0.4 is 5.32 Å². The van der Waals surface area contributed by atoms with Gasteiger partial charge in [0, 0.05) is 6.20 Å². The van der Waals surface area contributed by atoms with Gasteiger partial charge in [-0.3, -0.25) is 4.79 Å². The van der Waals surface area contributed by atoms with Gasteiger partial charge in [0.05, 0.1) is 12.5 Å². The van der Waals surface area contributed by atoms with Crippen molar-refractivity contribution in [3.8, 4) is 0 Å². The minimum absolute atomic E-state index is 0.00280. The molecule has 0 aliphatic carbocycles. The maximum absolute atomic E-state index is 12.4. The number of benzene rings is 1. The topological polar surface area (TPSA) is 42.0 Å². The summed E-state index contributed by atoms with van der Waals surface area (Å²) in [6, 6.07) is 11.8. The zero-order valence-electron chi connectivity index (χ0n) is 13.8. The molecule has 0 saturated carbocycles. The first kappa shape index (κ1) is 17.5. The number of pyridine rings is 1. The Labute approximate surface area is 143 Å². The van der Waals surface area contributed by atoms with Crippen molar-refractivity contribution in [2.45, 2.75) is 39.7 Å². The maximum atomic E-state index is 12.4. The van der Waals surface area contributed by atoms with Gasteiger partial charge in [0.2, 0.25) is 5.91 Å². The first-order valence-corrected chi connectivity index (χ1v) is 8.29. The molecule has 0 radical (unpaired) electrons. The molecule has 1 amide bonds. The highest BCUT2D eigenvalue weighted by atomic mass is 35.5. The van der Waals surface area contributed by atoms with E-state index in [2.05, 4.69) is 43.2 Å². The van der Waals surface area contributed by atoms with Crippen molar-refractivity contribution < 1.29 is 4.79 Å². The van der Waals surface area contributed by atoms with E-state index in [1.54, 1.807) is 12.3 Å². The SMILES string of the molecule is Cc1ccccc1C(CC(C)C)NC(=O)Cc1ccc(Cl)nc1. The van der Waals surface area contributed by atoms with Crippen LogP contribution in [0.3, 0.4) is 0 Å². The molecule has 1 N–H and O–H groups in total. The standard InChI is InChI=1S/C19H23ClN2O/c1-13(2)10-17(16-7-5-4-6-14(16)3)22-19(23)11-15-8-9-18(20)21-12-15/h4-9,12-13,17H,10-11H2,1-3H3,(H,22,23). The average molecular weight is 331 g/mol. The van der Waals surface area contributed by atoms with Gasteiger partial charge in [0.15, 0.2) is 0 Å². The van der Waals surface area contributed by atoms with Crippen LogP contribution in [0.4, 0.5) is 0 Å². The largest absolute Gasteiger partial charge is 0.349 e. The Morgan fingerprint density at radius 3 is 2.57 bits per heavy atom. The second-order valence-electron chi connectivity index (χ2n) is 6.27. The number of nitrogens with one attached hydrogen (secondary N) is 1. The van der Waals surface area contributed by atoms with Gasteiger partial charge in [-0.25, -0.2) is 4.98 Å². The second kappa shape index (κ2) is 8.11. The van der Waals surface area contributed by atoms with Crippen molar-refractivity contribution in [2.75, 3.05) is 0 Å². The van der Waals surface area contributed by atoms with E-state index in [-0.39, 0.29) is 11.9 Å². The predicted octanol–water partition coefficient (Wildman–Crippen LogP) is 4.49. The zero-order chi connectivity index (χ0) is 16.8. The van der Waals surface area contributed by atoms with Crippen LogP contribution in [0, 0.1) is 12.8 Å². The van der Waals surface area contributed by atoms with E-state index in [0.717, 1.165) is 12.0 Å². The van der Waals surface area contributed by atoms with Crippen LogP contribution in [0.15, 0.2) is 42.6 Å². The molecule has 1 unspecified atom stereocenters. The Hall–Kier alpha value is -1.87. The summed E-state index contributed by atoms with van der Waals surface area (Å²) in [7, 11) is 0. The van der Waals surface area contributed by atoms with Crippen LogP contribution in [0.5, 0.6) is 0 Å². The summed E-state index contributed by atoms with van der Waals surface area (Å²) in [6.45, 7) is 6.42. The Morgan fingerprint density at radius 2 is 1.96 bits per heavy atom. The van der Waals surface area contributed by atoms with E-state index < -0.39 is 0 Å². The van der Waals surface area contributed by atoms with Crippen LogP contribution in [0.2, 0.25) is 5.15 Å². The fourth-order valence-corrected chi connectivity index (χ4v) is 2.77. The van der Waals surface area contributed by atoms with Crippen molar-refractivity contribution in [1.29, 1.82) is 0 Å². The van der Waals surface area contributed by atoms with Crippen molar-refractivity contribution in [1.82, 2.24) is 10.3 Å². The molecule has 0 aliphatic rings. The summed E-state index contributed by atoms with van der Waals surface area (Å²) < 4.78 is 0. The minimum atomic E-state index is 0.00280. The van der Waals surface area contributed by atoms with Gasteiger partial charge in [-0.1, -0.05) is 55.8 Å². The van der Waals surface area contributed by atoms with Crippen molar-refractivity contribution in [3.05, 3.63) is 64.4 Å². The van der Waals surface area contributed by atoms with Crippen LogP contribution in [-0.4, -0.2) is 10.9 Å². The number of carbonyl (C=O) groups is 1. The molecular formula is C19H23ClN2O. The summed E-state index contributed by atoms with van der Waals surface area (Å²) in [5.41, 5.74) is 3.25. The van der Waals surface area contributed by atoms with Crippen molar-refractivity contribution in [2.24, 2.45) is 5.92 Å². The van der Waals surface area contributed by atoms with E-state index >= 15 is 0 Å². The summed E-state index contributed by atoms with van der Waals surface area (Å²) in [6.07, 6.45) is 2.87. The van der Waals surface area contributed by atoms with Gasteiger partial charge in [-0.05, 0) is 42.0 Å². The third kappa shape index (κ3) is 5.36. The molecule has 0 bridgehead atoms. The molecular weight excluding hydrogens is 308 g/mol. The summed E-state index contributed by atoms with van der Waals surface area (Å²) in [4.78, 5) is 16.4. The Balaban J connectivity index is 2.09. The Morgan fingerprint density at radius 1 is 1.22 bits per heavy atom. The van der Waals surface area contributed by atoms with Gasteiger partial charge < -0.3 is 5.32 Å². The molecule has 1 aromatic heterocycles. The lowest BCUT2D eigenvalue weighted by molar-refractivity contribution is -0.121. The van der Waals surface area contributed by atoms with Crippen LogP contribution >= 0.6 is 11.6 Å². The van der Waals surface area contributed by atoms with E-state index in [4.69, 9.17) is 11.6 Å². The third-order valence-corrected chi connectivity index (χ3v) is 3.98.